The molecule has 0 saturated carbocycles. The van der Waals surface area contributed by atoms with Gasteiger partial charge in [-0.1, -0.05) is 0 Å². The summed E-state index contributed by atoms with van der Waals surface area (Å²) >= 11 is 0. The summed E-state index contributed by atoms with van der Waals surface area (Å²) < 4.78 is 10.8. The van der Waals surface area contributed by atoms with Gasteiger partial charge in [0.15, 0.2) is 5.78 Å². The van der Waals surface area contributed by atoms with Crippen molar-refractivity contribution >= 4 is 17.2 Å². The first-order valence-corrected chi connectivity index (χ1v) is 8.74. The van der Waals surface area contributed by atoms with Crippen LogP contribution >= 0.6 is 0 Å². The Hall–Kier alpha value is -3.09. The van der Waals surface area contributed by atoms with E-state index in [1.807, 2.05) is 23.1 Å². The van der Waals surface area contributed by atoms with E-state index in [-0.39, 0.29) is 17.5 Å². The molecule has 2 aromatic carbocycles. The molecule has 1 fully saturated rings. The van der Waals surface area contributed by atoms with E-state index in [1.165, 1.54) is 13.0 Å². The highest BCUT2D eigenvalue weighted by atomic mass is 16.6. The predicted molar refractivity (Wildman–Crippen MR) is 102 cm³/mol. The summed E-state index contributed by atoms with van der Waals surface area (Å²) in [6, 6.07) is 10.2. The van der Waals surface area contributed by atoms with Crippen LogP contribution in [0.25, 0.3) is 0 Å². The van der Waals surface area contributed by atoms with E-state index in [0.717, 1.165) is 24.2 Å². The Bertz CT molecular complexity index is 881. The maximum absolute atomic E-state index is 11.6. The van der Waals surface area contributed by atoms with Gasteiger partial charge < -0.3 is 14.4 Å². The van der Waals surface area contributed by atoms with Crippen molar-refractivity contribution in [3.63, 3.8) is 0 Å². The topological polar surface area (TPSA) is 81.9 Å². The number of carbonyl (C=O) groups is 1. The van der Waals surface area contributed by atoms with Gasteiger partial charge in [0, 0.05) is 23.7 Å². The van der Waals surface area contributed by atoms with Crippen LogP contribution in [0.1, 0.15) is 41.7 Å². The number of hydrogen-bond acceptors (Lipinski definition) is 6. The minimum absolute atomic E-state index is 0.0588. The van der Waals surface area contributed by atoms with Crippen molar-refractivity contribution < 1.29 is 19.2 Å². The Morgan fingerprint density at radius 2 is 1.96 bits per heavy atom. The third-order valence-electron chi connectivity index (χ3n) is 4.94. The van der Waals surface area contributed by atoms with Gasteiger partial charge in [-0.2, -0.15) is 0 Å². The van der Waals surface area contributed by atoms with Crippen LogP contribution in [0.15, 0.2) is 36.4 Å². The van der Waals surface area contributed by atoms with Crippen molar-refractivity contribution in [2.24, 2.45) is 0 Å². The number of carbonyl (C=O) groups excluding carboxylic acids is 1. The van der Waals surface area contributed by atoms with Crippen LogP contribution in [0, 0.1) is 10.1 Å². The summed E-state index contributed by atoms with van der Waals surface area (Å²) in [5, 5.41) is 11.6. The molecule has 0 spiro atoms. The Kier molecular flexibility index (Phi) is 5.30. The van der Waals surface area contributed by atoms with E-state index >= 15 is 0 Å². The zero-order chi connectivity index (χ0) is 19.6. The second kappa shape index (κ2) is 7.65. The molecule has 142 valence electrons. The van der Waals surface area contributed by atoms with Crippen molar-refractivity contribution in [3.05, 3.63) is 57.6 Å². The van der Waals surface area contributed by atoms with Gasteiger partial charge in [-0.15, -0.1) is 0 Å². The number of Topliss-reactive ketones (excluding diaryl/α,β-unsaturated/α-hetero) is 1. The number of methoxy groups -OCH3 is 2. The average Bonchev–Trinajstić information content (AvgIpc) is 3.16. The van der Waals surface area contributed by atoms with Gasteiger partial charge in [-0.05, 0) is 50.1 Å². The van der Waals surface area contributed by atoms with Crippen molar-refractivity contribution in [2.75, 3.05) is 25.7 Å². The van der Waals surface area contributed by atoms with Crippen LogP contribution in [0.2, 0.25) is 0 Å². The van der Waals surface area contributed by atoms with Crippen molar-refractivity contribution in [3.8, 4) is 11.5 Å². The van der Waals surface area contributed by atoms with Gasteiger partial charge in [0.2, 0.25) is 0 Å². The fourth-order valence-corrected chi connectivity index (χ4v) is 3.61. The van der Waals surface area contributed by atoms with Gasteiger partial charge in [0.05, 0.1) is 25.2 Å². The van der Waals surface area contributed by atoms with E-state index in [0.29, 0.717) is 23.5 Å². The summed E-state index contributed by atoms with van der Waals surface area (Å²) in [5.41, 5.74) is 1.72. The molecule has 0 aromatic heterocycles. The molecule has 0 bridgehead atoms. The summed E-state index contributed by atoms with van der Waals surface area (Å²) in [4.78, 5) is 24.9. The van der Waals surface area contributed by atoms with Gasteiger partial charge in [-0.3, -0.25) is 14.9 Å². The van der Waals surface area contributed by atoms with E-state index in [4.69, 9.17) is 9.47 Å². The lowest BCUT2D eigenvalue weighted by Crippen LogP contribution is -2.24. The number of anilines is 1. The number of nitrogens with zero attached hydrogens (tertiary/aromatic N) is 2. The molecule has 3 rings (SSSR count). The monoisotopic (exact) mass is 370 g/mol. The summed E-state index contributed by atoms with van der Waals surface area (Å²) in [6.07, 6.45) is 1.74. The maximum atomic E-state index is 11.6. The standard InChI is InChI=1S/C20H22N2O5/c1-13(23)14-6-8-18(19(11-14)22(24)25)21-10-4-5-17(21)16-12-15(26-2)7-9-20(16)27-3/h6-9,11-12,17H,4-5,10H2,1-3H3/t17-/m1/s1. The third kappa shape index (κ3) is 3.58. The second-order valence-electron chi connectivity index (χ2n) is 6.48. The quantitative estimate of drug-likeness (QED) is 0.431. The van der Waals surface area contributed by atoms with Gasteiger partial charge >= 0.3 is 0 Å². The van der Waals surface area contributed by atoms with Crippen molar-refractivity contribution in [1.82, 2.24) is 0 Å². The van der Waals surface area contributed by atoms with E-state index < -0.39 is 4.92 Å². The molecule has 1 aliphatic rings. The first kappa shape index (κ1) is 18.7. The molecule has 1 heterocycles. The Morgan fingerprint density at radius 3 is 2.59 bits per heavy atom. The van der Waals surface area contributed by atoms with Gasteiger partial charge in [-0.25, -0.2) is 0 Å². The zero-order valence-electron chi connectivity index (χ0n) is 15.6. The average molecular weight is 370 g/mol. The summed E-state index contributed by atoms with van der Waals surface area (Å²) in [5.74, 6) is 1.23. The summed E-state index contributed by atoms with van der Waals surface area (Å²) in [6.45, 7) is 2.09. The minimum atomic E-state index is -0.431. The van der Waals surface area contributed by atoms with E-state index in [9.17, 15) is 14.9 Å². The molecule has 0 unspecified atom stereocenters. The normalized spacial score (nSPS) is 16.3. The Morgan fingerprint density at radius 1 is 1.19 bits per heavy atom. The van der Waals surface area contributed by atoms with E-state index in [1.54, 1.807) is 26.4 Å². The molecule has 0 radical (unpaired) electrons. The number of benzene rings is 2. The lowest BCUT2D eigenvalue weighted by Gasteiger charge is -2.28. The molecular weight excluding hydrogens is 348 g/mol. The molecule has 7 nitrogen and oxygen atoms in total. The highest BCUT2D eigenvalue weighted by Gasteiger charge is 2.33. The summed E-state index contributed by atoms with van der Waals surface area (Å²) in [7, 11) is 3.21. The Labute approximate surface area is 157 Å². The van der Waals surface area contributed by atoms with Crippen LogP contribution in [0.5, 0.6) is 11.5 Å². The SMILES string of the molecule is COc1ccc(OC)c([C@H]2CCCN2c2ccc(C(C)=O)cc2[N+](=O)[O-])c1. The predicted octanol–water partition coefficient (Wildman–Crippen LogP) is 4.16. The van der Waals surface area contributed by atoms with Gasteiger partial charge in [0.1, 0.15) is 17.2 Å². The number of rotatable bonds is 6. The fraction of sp³-hybridized carbons (Fsp3) is 0.350. The highest BCUT2D eigenvalue weighted by molar-refractivity contribution is 5.95. The zero-order valence-corrected chi connectivity index (χ0v) is 15.6. The van der Waals surface area contributed by atoms with Gasteiger partial charge in [0.25, 0.3) is 5.69 Å². The highest BCUT2D eigenvalue weighted by Crippen LogP contribution is 2.44. The smallest absolute Gasteiger partial charge is 0.293 e. The number of ether oxygens (including phenoxy) is 2. The maximum Gasteiger partial charge on any atom is 0.293 e. The minimum Gasteiger partial charge on any atom is -0.497 e. The van der Waals surface area contributed by atoms with E-state index in [2.05, 4.69) is 0 Å². The lowest BCUT2D eigenvalue weighted by atomic mass is 10.0. The van der Waals surface area contributed by atoms with Crippen LogP contribution in [0.3, 0.4) is 0 Å². The molecular formula is C20H22N2O5. The molecule has 7 heteroatoms. The third-order valence-corrected chi connectivity index (χ3v) is 4.94. The number of hydrogen-bond donors (Lipinski definition) is 0. The molecule has 0 N–H and O–H groups in total. The van der Waals surface area contributed by atoms with Crippen LogP contribution in [0.4, 0.5) is 11.4 Å². The number of ketones is 1. The van der Waals surface area contributed by atoms with Crippen LogP contribution in [-0.2, 0) is 0 Å². The molecule has 1 aliphatic heterocycles. The number of nitro groups is 1. The molecule has 0 aliphatic carbocycles. The molecule has 27 heavy (non-hydrogen) atoms. The Balaban J connectivity index is 2.08. The van der Waals surface area contributed by atoms with Crippen LogP contribution < -0.4 is 14.4 Å². The molecule has 1 atom stereocenters. The first-order valence-electron chi connectivity index (χ1n) is 8.74. The second-order valence-corrected chi connectivity index (χ2v) is 6.48. The molecule has 1 saturated heterocycles. The lowest BCUT2D eigenvalue weighted by molar-refractivity contribution is -0.384. The van der Waals surface area contributed by atoms with Crippen molar-refractivity contribution in [2.45, 2.75) is 25.8 Å². The first-order chi connectivity index (χ1) is 13.0. The van der Waals surface area contributed by atoms with Crippen LogP contribution in [-0.4, -0.2) is 31.5 Å². The fourth-order valence-electron chi connectivity index (χ4n) is 3.61. The number of nitro benzene ring substituents is 1. The molecule has 2 aromatic rings. The molecule has 0 amide bonds. The van der Waals surface area contributed by atoms with Crippen molar-refractivity contribution in [1.29, 1.82) is 0 Å². The largest absolute Gasteiger partial charge is 0.497 e.